The van der Waals surface area contributed by atoms with Gasteiger partial charge in [0.2, 0.25) is 0 Å². The van der Waals surface area contributed by atoms with Gasteiger partial charge >= 0.3 is 0 Å². The first kappa shape index (κ1) is 20.3. The van der Waals surface area contributed by atoms with Crippen molar-refractivity contribution in [2.45, 2.75) is 19.4 Å². The van der Waals surface area contributed by atoms with E-state index in [1.807, 2.05) is 54.6 Å². The number of benzene rings is 3. The Morgan fingerprint density at radius 1 is 0.938 bits per heavy atom. The third kappa shape index (κ3) is 4.25. The zero-order valence-electron chi connectivity index (χ0n) is 17.7. The molecular formula is C27H24FN3O. The molecule has 1 N–H and O–H groups in total. The standard InChI is InChI=1S/C27H24FN3O/c28-25-24(13-12-23-16-19(17-29-26(23)25)18-31-14-4-5-15-31)30-27(32)22-10-8-21(9-11-22)20-6-2-1-3-7-20/h1-3,6-13,16-17H,4-5,14-15,18H2,(H,30,32). The summed E-state index contributed by atoms with van der Waals surface area (Å²) in [6.07, 6.45) is 4.19. The van der Waals surface area contributed by atoms with Crippen molar-refractivity contribution in [2.24, 2.45) is 0 Å². The normalized spacial score (nSPS) is 14.0. The minimum absolute atomic E-state index is 0.134. The number of carbonyl (C=O) groups is 1. The molecular weight excluding hydrogens is 401 g/mol. The summed E-state index contributed by atoms with van der Waals surface area (Å²) in [6.45, 7) is 3.04. The summed E-state index contributed by atoms with van der Waals surface area (Å²) in [5.74, 6) is -0.863. The molecule has 5 heteroatoms. The van der Waals surface area contributed by atoms with Gasteiger partial charge in [-0.2, -0.15) is 0 Å². The predicted molar refractivity (Wildman–Crippen MR) is 126 cm³/mol. The Morgan fingerprint density at radius 2 is 1.66 bits per heavy atom. The summed E-state index contributed by atoms with van der Waals surface area (Å²) in [5, 5.41) is 3.43. The minimum atomic E-state index is -0.510. The highest BCUT2D eigenvalue weighted by Gasteiger charge is 2.15. The maximum Gasteiger partial charge on any atom is 0.255 e. The van der Waals surface area contributed by atoms with E-state index in [0.29, 0.717) is 5.56 Å². The van der Waals surface area contributed by atoms with E-state index in [0.717, 1.165) is 41.7 Å². The van der Waals surface area contributed by atoms with Gasteiger partial charge in [-0.15, -0.1) is 0 Å². The van der Waals surface area contributed by atoms with E-state index in [-0.39, 0.29) is 17.1 Å². The molecule has 0 radical (unpaired) electrons. The van der Waals surface area contributed by atoms with Gasteiger partial charge in [0.15, 0.2) is 5.82 Å². The predicted octanol–water partition coefficient (Wildman–Crippen LogP) is 5.89. The Bertz CT molecular complexity index is 1250. The van der Waals surface area contributed by atoms with Crippen molar-refractivity contribution in [3.63, 3.8) is 0 Å². The third-order valence-electron chi connectivity index (χ3n) is 5.96. The number of hydrogen-bond donors (Lipinski definition) is 1. The molecule has 4 nitrogen and oxygen atoms in total. The Hall–Kier alpha value is -3.57. The van der Waals surface area contributed by atoms with Gasteiger partial charge in [0.1, 0.15) is 5.52 Å². The van der Waals surface area contributed by atoms with Crippen molar-refractivity contribution >= 4 is 22.5 Å². The number of pyridine rings is 1. The van der Waals surface area contributed by atoms with Crippen molar-refractivity contribution in [3.05, 3.63) is 95.9 Å². The Balaban J connectivity index is 1.33. The van der Waals surface area contributed by atoms with Crippen LogP contribution in [0.2, 0.25) is 0 Å². The van der Waals surface area contributed by atoms with Crippen molar-refractivity contribution in [1.82, 2.24) is 9.88 Å². The SMILES string of the molecule is O=C(Nc1ccc2cc(CN3CCCC3)cnc2c1F)c1ccc(-c2ccccc2)cc1. The van der Waals surface area contributed by atoms with Crippen LogP contribution in [0.4, 0.5) is 10.1 Å². The number of nitrogens with one attached hydrogen (secondary N) is 1. The van der Waals surface area contributed by atoms with Crippen molar-refractivity contribution < 1.29 is 9.18 Å². The summed E-state index contributed by atoms with van der Waals surface area (Å²) in [6, 6.07) is 22.6. The second-order valence-corrected chi connectivity index (χ2v) is 8.22. The number of fused-ring (bicyclic) bond motifs is 1. The molecule has 0 saturated carbocycles. The fraction of sp³-hybridized carbons (Fsp3) is 0.185. The Labute approximate surface area is 186 Å². The van der Waals surface area contributed by atoms with E-state index in [1.54, 1.807) is 24.4 Å². The summed E-state index contributed by atoms with van der Waals surface area (Å²) >= 11 is 0. The highest BCUT2D eigenvalue weighted by Crippen LogP contribution is 2.26. The van der Waals surface area contributed by atoms with E-state index in [2.05, 4.69) is 15.2 Å². The zero-order valence-corrected chi connectivity index (χ0v) is 17.7. The van der Waals surface area contributed by atoms with E-state index in [4.69, 9.17) is 0 Å². The molecule has 160 valence electrons. The van der Waals surface area contributed by atoms with Crippen LogP contribution in [0.15, 0.2) is 79.0 Å². The van der Waals surface area contributed by atoms with Crippen molar-refractivity contribution in [2.75, 3.05) is 18.4 Å². The first-order valence-electron chi connectivity index (χ1n) is 10.9. The number of halogens is 1. The van der Waals surface area contributed by atoms with Crippen molar-refractivity contribution in [3.8, 4) is 11.1 Å². The second-order valence-electron chi connectivity index (χ2n) is 8.22. The van der Waals surface area contributed by atoms with Gasteiger partial charge in [-0.3, -0.25) is 14.7 Å². The highest BCUT2D eigenvalue weighted by atomic mass is 19.1. The lowest BCUT2D eigenvalue weighted by Gasteiger charge is -2.15. The number of rotatable bonds is 5. The fourth-order valence-electron chi connectivity index (χ4n) is 4.23. The summed E-state index contributed by atoms with van der Waals surface area (Å²) in [5.41, 5.74) is 4.05. The number of nitrogens with zero attached hydrogens (tertiary/aromatic N) is 2. The quantitative estimate of drug-likeness (QED) is 0.434. The maximum atomic E-state index is 15.1. The molecule has 0 bridgehead atoms. The summed E-state index contributed by atoms with van der Waals surface area (Å²) < 4.78 is 15.1. The lowest BCUT2D eigenvalue weighted by Crippen LogP contribution is -2.18. The second kappa shape index (κ2) is 8.89. The number of hydrogen-bond acceptors (Lipinski definition) is 3. The van der Waals surface area contributed by atoms with Gasteiger partial charge in [0.05, 0.1) is 5.69 Å². The van der Waals surface area contributed by atoms with Crippen LogP contribution in [0.5, 0.6) is 0 Å². The lowest BCUT2D eigenvalue weighted by molar-refractivity contribution is 0.102. The molecule has 5 rings (SSSR count). The van der Waals surface area contributed by atoms with Gasteiger partial charge in [0.25, 0.3) is 5.91 Å². The average Bonchev–Trinajstić information content (AvgIpc) is 3.34. The van der Waals surface area contributed by atoms with E-state index < -0.39 is 5.82 Å². The van der Waals surface area contributed by atoms with Crippen molar-refractivity contribution in [1.29, 1.82) is 0 Å². The number of likely N-dealkylation sites (tertiary alicyclic amines) is 1. The summed E-state index contributed by atoms with van der Waals surface area (Å²) in [7, 11) is 0. The van der Waals surface area contributed by atoms with Crippen LogP contribution < -0.4 is 5.32 Å². The largest absolute Gasteiger partial charge is 0.319 e. The molecule has 0 spiro atoms. The fourth-order valence-corrected chi connectivity index (χ4v) is 4.23. The number of aromatic nitrogens is 1. The van der Waals surface area contributed by atoms with Gasteiger partial charge < -0.3 is 5.32 Å². The van der Waals surface area contributed by atoms with Crippen LogP contribution in [-0.4, -0.2) is 28.9 Å². The molecule has 2 heterocycles. The molecule has 32 heavy (non-hydrogen) atoms. The summed E-state index contributed by atoms with van der Waals surface area (Å²) in [4.78, 5) is 19.4. The number of carbonyl (C=O) groups excluding carboxylic acids is 1. The third-order valence-corrected chi connectivity index (χ3v) is 5.96. The average molecular weight is 426 g/mol. The van der Waals surface area contributed by atoms with Gasteiger partial charge in [-0.25, -0.2) is 4.39 Å². The first-order valence-corrected chi connectivity index (χ1v) is 10.9. The minimum Gasteiger partial charge on any atom is -0.319 e. The van der Waals surface area contributed by atoms with Crippen LogP contribution in [-0.2, 0) is 6.54 Å². The van der Waals surface area contributed by atoms with Gasteiger partial charge in [0, 0.05) is 23.7 Å². The lowest BCUT2D eigenvalue weighted by atomic mass is 10.0. The van der Waals surface area contributed by atoms with Gasteiger partial charge in [-0.05, 0) is 66.9 Å². The molecule has 1 amide bonds. The van der Waals surface area contributed by atoms with E-state index >= 15 is 4.39 Å². The van der Waals surface area contributed by atoms with Crippen LogP contribution in [0.25, 0.3) is 22.0 Å². The number of amides is 1. The molecule has 1 aliphatic heterocycles. The molecule has 0 aliphatic carbocycles. The molecule has 3 aromatic carbocycles. The Morgan fingerprint density at radius 3 is 2.41 bits per heavy atom. The van der Waals surface area contributed by atoms with E-state index in [1.165, 1.54) is 12.8 Å². The molecule has 0 atom stereocenters. The smallest absolute Gasteiger partial charge is 0.255 e. The molecule has 4 aromatic rings. The van der Waals surface area contributed by atoms with Crippen LogP contribution in [0, 0.1) is 5.82 Å². The number of anilines is 1. The topological polar surface area (TPSA) is 45.2 Å². The Kier molecular flexibility index (Phi) is 5.65. The molecule has 1 aliphatic rings. The van der Waals surface area contributed by atoms with Crippen LogP contribution >= 0.6 is 0 Å². The first-order chi connectivity index (χ1) is 15.7. The molecule has 1 aromatic heterocycles. The van der Waals surface area contributed by atoms with Crippen LogP contribution in [0.1, 0.15) is 28.8 Å². The molecule has 0 unspecified atom stereocenters. The zero-order chi connectivity index (χ0) is 21.9. The monoisotopic (exact) mass is 425 g/mol. The van der Waals surface area contributed by atoms with Crippen LogP contribution in [0.3, 0.4) is 0 Å². The van der Waals surface area contributed by atoms with Gasteiger partial charge in [-0.1, -0.05) is 48.5 Å². The highest BCUT2D eigenvalue weighted by molar-refractivity contribution is 6.05. The van der Waals surface area contributed by atoms with E-state index in [9.17, 15) is 4.79 Å². The maximum absolute atomic E-state index is 15.1. The molecule has 1 fully saturated rings. The molecule has 1 saturated heterocycles.